The highest BCUT2D eigenvalue weighted by Gasteiger charge is 2.34. The predicted molar refractivity (Wildman–Crippen MR) is 90.8 cm³/mol. The van der Waals surface area contributed by atoms with Crippen molar-refractivity contribution >= 4 is 21.2 Å². The molecule has 2 aromatic heterocycles. The second kappa shape index (κ2) is 6.57. The van der Waals surface area contributed by atoms with Crippen LogP contribution >= 0.6 is 0 Å². The zero-order valence-electron chi connectivity index (χ0n) is 13.8. The van der Waals surface area contributed by atoms with Crippen LogP contribution < -0.4 is 0 Å². The SMILES string of the molecule is CCCn1c(C2CCN(S(=O)(=O)CCC)C2)nc2cccnc21. The smallest absolute Gasteiger partial charge is 0.214 e. The van der Waals surface area contributed by atoms with Gasteiger partial charge in [0.15, 0.2) is 5.65 Å². The van der Waals surface area contributed by atoms with Crippen molar-refractivity contribution in [1.82, 2.24) is 18.8 Å². The minimum Gasteiger partial charge on any atom is -0.312 e. The van der Waals surface area contributed by atoms with Crippen LogP contribution in [-0.2, 0) is 16.6 Å². The van der Waals surface area contributed by atoms with Crippen LogP contribution in [0.1, 0.15) is 44.9 Å². The molecule has 1 fully saturated rings. The van der Waals surface area contributed by atoms with E-state index in [4.69, 9.17) is 4.98 Å². The number of fused-ring (bicyclic) bond motifs is 1. The van der Waals surface area contributed by atoms with Crippen LogP contribution in [0.25, 0.3) is 11.2 Å². The Kier molecular flexibility index (Phi) is 4.68. The Morgan fingerprint density at radius 3 is 2.87 bits per heavy atom. The summed E-state index contributed by atoms with van der Waals surface area (Å²) in [5, 5.41) is 0. The molecule has 0 bridgehead atoms. The molecule has 1 aliphatic rings. The van der Waals surface area contributed by atoms with Crippen molar-refractivity contribution in [2.45, 2.75) is 45.6 Å². The highest BCUT2D eigenvalue weighted by Crippen LogP contribution is 2.30. The largest absolute Gasteiger partial charge is 0.312 e. The molecule has 2 aromatic rings. The molecule has 0 amide bonds. The summed E-state index contributed by atoms with van der Waals surface area (Å²) in [4.78, 5) is 9.21. The molecular formula is C16H24N4O2S. The quantitative estimate of drug-likeness (QED) is 0.812. The molecule has 0 radical (unpaired) electrons. The summed E-state index contributed by atoms with van der Waals surface area (Å²) < 4.78 is 28.3. The van der Waals surface area contributed by atoms with Gasteiger partial charge in [0, 0.05) is 31.7 Å². The van der Waals surface area contributed by atoms with Gasteiger partial charge in [0.2, 0.25) is 10.0 Å². The first-order valence-corrected chi connectivity index (χ1v) is 9.96. The van der Waals surface area contributed by atoms with E-state index in [9.17, 15) is 8.42 Å². The monoisotopic (exact) mass is 336 g/mol. The Morgan fingerprint density at radius 2 is 2.13 bits per heavy atom. The fourth-order valence-corrected chi connectivity index (χ4v) is 4.88. The van der Waals surface area contributed by atoms with Gasteiger partial charge in [-0.2, -0.15) is 0 Å². The fraction of sp³-hybridized carbons (Fsp3) is 0.625. The normalized spacial score (nSPS) is 19.7. The van der Waals surface area contributed by atoms with E-state index in [-0.39, 0.29) is 11.7 Å². The number of imidazole rings is 1. The third-order valence-electron chi connectivity index (χ3n) is 4.35. The van der Waals surface area contributed by atoms with Crippen LogP contribution in [0.2, 0.25) is 0 Å². The van der Waals surface area contributed by atoms with E-state index in [1.54, 1.807) is 10.5 Å². The summed E-state index contributed by atoms with van der Waals surface area (Å²) >= 11 is 0. The number of hydrogen-bond acceptors (Lipinski definition) is 4. The molecule has 1 saturated heterocycles. The Morgan fingerprint density at radius 1 is 1.30 bits per heavy atom. The molecule has 1 unspecified atom stereocenters. The maximum Gasteiger partial charge on any atom is 0.214 e. The van der Waals surface area contributed by atoms with Gasteiger partial charge in [-0.1, -0.05) is 13.8 Å². The number of aromatic nitrogens is 3. The van der Waals surface area contributed by atoms with Gasteiger partial charge >= 0.3 is 0 Å². The third-order valence-corrected chi connectivity index (χ3v) is 6.39. The minimum atomic E-state index is -3.13. The van der Waals surface area contributed by atoms with E-state index < -0.39 is 10.0 Å². The predicted octanol–water partition coefficient (Wildman–Crippen LogP) is 2.37. The summed E-state index contributed by atoms with van der Waals surface area (Å²) in [6, 6.07) is 3.86. The van der Waals surface area contributed by atoms with Crippen LogP contribution in [0.4, 0.5) is 0 Å². The number of pyridine rings is 1. The number of sulfonamides is 1. The Labute approximate surface area is 137 Å². The maximum atomic E-state index is 12.3. The molecule has 0 aliphatic carbocycles. The van der Waals surface area contributed by atoms with Crippen LogP contribution in [0.3, 0.4) is 0 Å². The van der Waals surface area contributed by atoms with Crippen LogP contribution in [0.15, 0.2) is 18.3 Å². The number of aryl methyl sites for hydroxylation is 1. The van der Waals surface area contributed by atoms with Crippen molar-refractivity contribution in [3.8, 4) is 0 Å². The van der Waals surface area contributed by atoms with Crippen LogP contribution in [-0.4, -0.2) is 46.1 Å². The van der Waals surface area contributed by atoms with Gasteiger partial charge in [0.1, 0.15) is 11.3 Å². The van der Waals surface area contributed by atoms with Crippen molar-refractivity contribution in [3.05, 3.63) is 24.2 Å². The zero-order valence-corrected chi connectivity index (χ0v) is 14.6. The number of hydrogen-bond donors (Lipinski definition) is 0. The van der Waals surface area contributed by atoms with E-state index in [1.165, 1.54) is 0 Å². The molecule has 6 nitrogen and oxygen atoms in total. The van der Waals surface area contributed by atoms with Gasteiger partial charge < -0.3 is 4.57 Å². The zero-order chi connectivity index (χ0) is 16.4. The van der Waals surface area contributed by atoms with Gasteiger partial charge in [-0.15, -0.1) is 0 Å². The first-order valence-electron chi connectivity index (χ1n) is 8.35. The van der Waals surface area contributed by atoms with Gasteiger partial charge in [0.25, 0.3) is 0 Å². The van der Waals surface area contributed by atoms with Crippen LogP contribution in [0.5, 0.6) is 0 Å². The summed E-state index contributed by atoms with van der Waals surface area (Å²) in [5.41, 5.74) is 1.80. The Balaban J connectivity index is 1.91. The molecule has 1 atom stereocenters. The second-order valence-electron chi connectivity index (χ2n) is 6.13. The summed E-state index contributed by atoms with van der Waals surface area (Å²) in [6.07, 6.45) is 4.27. The fourth-order valence-electron chi connectivity index (χ4n) is 3.31. The molecule has 7 heteroatoms. The lowest BCUT2D eigenvalue weighted by Gasteiger charge is -2.16. The van der Waals surface area contributed by atoms with Crippen molar-refractivity contribution in [2.75, 3.05) is 18.8 Å². The van der Waals surface area contributed by atoms with E-state index in [0.717, 1.165) is 36.4 Å². The average Bonchev–Trinajstić information content (AvgIpc) is 3.13. The van der Waals surface area contributed by atoms with Crippen molar-refractivity contribution in [2.24, 2.45) is 0 Å². The highest BCUT2D eigenvalue weighted by atomic mass is 32.2. The summed E-state index contributed by atoms with van der Waals surface area (Å²) in [5.74, 6) is 1.37. The molecule has 3 heterocycles. The van der Waals surface area contributed by atoms with Crippen molar-refractivity contribution in [1.29, 1.82) is 0 Å². The lowest BCUT2D eigenvalue weighted by Crippen LogP contribution is -2.30. The van der Waals surface area contributed by atoms with E-state index in [1.807, 2.05) is 19.1 Å². The third kappa shape index (κ3) is 3.12. The van der Waals surface area contributed by atoms with E-state index in [2.05, 4.69) is 16.5 Å². The van der Waals surface area contributed by atoms with Gasteiger partial charge in [-0.05, 0) is 31.4 Å². The number of rotatable bonds is 6. The molecule has 3 rings (SSSR count). The minimum absolute atomic E-state index is 0.155. The summed E-state index contributed by atoms with van der Waals surface area (Å²) in [7, 11) is -3.13. The standard InChI is InChI=1S/C16H24N4O2S/c1-3-9-20-15(18-14-6-5-8-17-16(14)20)13-7-10-19(12-13)23(21,22)11-4-2/h5-6,8,13H,3-4,7,9-12H2,1-2H3. The van der Waals surface area contributed by atoms with Crippen molar-refractivity contribution < 1.29 is 8.42 Å². The first kappa shape index (κ1) is 16.4. The van der Waals surface area contributed by atoms with E-state index in [0.29, 0.717) is 19.5 Å². The van der Waals surface area contributed by atoms with Gasteiger partial charge in [-0.3, -0.25) is 0 Å². The molecule has 0 N–H and O–H groups in total. The molecule has 0 spiro atoms. The van der Waals surface area contributed by atoms with Crippen LogP contribution in [0, 0.1) is 0 Å². The first-order chi connectivity index (χ1) is 11.1. The summed E-state index contributed by atoms with van der Waals surface area (Å²) in [6.45, 7) is 6.02. The highest BCUT2D eigenvalue weighted by molar-refractivity contribution is 7.89. The molecule has 126 valence electrons. The van der Waals surface area contributed by atoms with Gasteiger partial charge in [0.05, 0.1) is 5.75 Å². The molecule has 0 saturated carbocycles. The van der Waals surface area contributed by atoms with E-state index >= 15 is 0 Å². The number of nitrogens with zero attached hydrogens (tertiary/aromatic N) is 4. The lowest BCUT2D eigenvalue weighted by atomic mass is 10.1. The molecule has 23 heavy (non-hydrogen) atoms. The lowest BCUT2D eigenvalue weighted by molar-refractivity contribution is 0.468. The topological polar surface area (TPSA) is 68.1 Å². The average molecular weight is 336 g/mol. The molecule has 1 aliphatic heterocycles. The maximum absolute atomic E-state index is 12.3. The molecule has 0 aromatic carbocycles. The van der Waals surface area contributed by atoms with Gasteiger partial charge in [-0.25, -0.2) is 22.7 Å². The second-order valence-corrected chi connectivity index (χ2v) is 8.22. The molecular weight excluding hydrogens is 312 g/mol. The Bertz CT molecular complexity index is 784. The Hall–Kier alpha value is -1.47. The van der Waals surface area contributed by atoms with Crippen molar-refractivity contribution in [3.63, 3.8) is 0 Å².